The van der Waals surface area contributed by atoms with Crippen molar-refractivity contribution in [1.82, 2.24) is 9.97 Å². The maximum absolute atomic E-state index is 6.02. The van der Waals surface area contributed by atoms with Crippen LogP contribution in [0.2, 0.25) is 0 Å². The van der Waals surface area contributed by atoms with Crippen LogP contribution in [0.3, 0.4) is 0 Å². The van der Waals surface area contributed by atoms with Gasteiger partial charge in [0.1, 0.15) is 11.6 Å². The van der Waals surface area contributed by atoms with E-state index in [1.54, 1.807) is 0 Å². The van der Waals surface area contributed by atoms with Crippen molar-refractivity contribution in [3.63, 3.8) is 0 Å². The van der Waals surface area contributed by atoms with Gasteiger partial charge in [-0.2, -0.15) is 9.97 Å². The highest BCUT2D eigenvalue weighted by Crippen LogP contribution is 2.53. The summed E-state index contributed by atoms with van der Waals surface area (Å²) in [7, 11) is 0. The molecule has 9 aromatic rings. The lowest BCUT2D eigenvalue weighted by molar-refractivity contribution is 0.332. The van der Waals surface area contributed by atoms with Crippen LogP contribution in [-0.4, -0.2) is 16.7 Å². The predicted molar refractivity (Wildman–Crippen MR) is 313 cm³/mol. The van der Waals surface area contributed by atoms with E-state index in [1.165, 1.54) is 68.9 Å². The van der Waals surface area contributed by atoms with E-state index in [1.807, 2.05) is 22.7 Å². The van der Waals surface area contributed by atoms with Crippen molar-refractivity contribution < 1.29 is 0 Å². The fraction of sp³-hybridized carbons (Fsp3) is 0.312. The number of para-hydroxylation sites is 2. The van der Waals surface area contributed by atoms with Crippen molar-refractivity contribution in [3.05, 3.63) is 167 Å². The van der Waals surface area contributed by atoms with Gasteiger partial charge in [-0.25, -0.2) is 0 Å². The van der Waals surface area contributed by atoms with Gasteiger partial charge in [0.2, 0.25) is 5.95 Å². The molecular formula is C64H66BN5S2. The quantitative estimate of drug-likeness (QED) is 0.161. The summed E-state index contributed by atoms with van der Waals surface area (Å²) in [6, 6.07) is 52.4. The van der Waals surface area contributed by atoms with Crippen LogP contribution in [0.1, 0.15) is 131 Å². The fourth-order valence-corrected chi connectivity index (χ4v) is 14.2. The number of benzene rings is 6. The molecule has 72 heavy (non-hydrogen) atoms. The van der Waals surface area contributed by atoms with Gasteiger partial charge in [-0.1, -0.05) is 157 Å². The number of fused-ring (bicyclic) bond motifs is 9. The molecule has 0 bridgehead atoms. The first-order valence-corrected chi connectivity index (χ1v) is 27.5. The highest BCUT2D eigenvalue weighted by molar-refractivity contribution is 7.40. The Bertz CT molecular complexity index is 3560. The van der Waals surface area contributed by atoms with Gasteiger partial charge >= 0.3 is 0 Å². The molecule has 0 spiro atoms. The van der Waals surface area contributed by atoms with Gasteiger partial charge in [0.05, 0.1) is 11.4 Å². The molecule has 362 valence electrons. The molecule has 1 aliphatic carbocycles. The molecule has 3 aliphatic rings. The molecule has 0 amide bonds. The van der Waals surface area contributed by atoms with Crippen molar-refractivity contribution in [1.29, 1.82) is 0 Å². The second-order valence-electron chi connectivity index (χ2n) is 25.0. The maximum atomic E-state index is 6.02. The van der Waals surface area contributed by atoms with Gasteiger partial charge in [-0.3, -0.25) is 14.7 Å². The molecule has 2 aliphatic heterocycles. The molecule has 5 heterocycles. The zero-order valence-corrected chi connectivity index (χ0v) is 46.0. The first-order valence-electron chi connectivity index (χ1n) is 25.9. The summed E-state index contributed by atoms with van der Waals surface area (Å²) in [6.45, 7) is 30.5. The van der Waals surface area contributed by atoms with E-state index in [9.17, 15) is 0 Å². The molecule has 0 fully saturated rings. The van der Waals surface area contributed by atoms with Crippen molar-refractivity contribution >= 4 is 116 Å². The number of nitrogens with zero attached hydrogens (tertiary/aromatic N) is 5. The molecule has 0 radical (unpaired) electrons. The highest BCUT2D eigenvalue weighted by atomic mass is 32.1. The Labute approximate surface area is 435 Å². The van der Waals surface area contributed by atoms with Crippen LogP contribution in [0.5, 0.6) is 0 Å². The minimum atomic E-state index is -0.115. The number of thiophene rings is 2. The Kier molecular flexibility index (Phi) is 10.5. The van der Waals surface area contributed by atoms with E-state index in [4.69, 9.17) is 9.97 Å². The molecule has 0 saturated carbocycles. The molecule has 0 atom stereocenters. The number of hydrogen-bond donors (Lipinski definition) is 0. The van der Waals surface area contributed by atoms with Crippen molar-refractivity contribution in [2.75, 3.05) is 14.7 Å². The average molecular weight is 980 g/mol. The van der Waals surface area contributed by atoms with Crippen LogP contribution in [-0.2, 0) is 27.1 Å². The third-order valence-electron chi connectivity index (χ3n) is 16.0. The van der Waals surface area contributed by atoms with Gasteiger partial charge in [0, 0.05) is 57.9 Å². The first kappa shape index (κ1) is 46.8. The molecule has 0 N–H and O–H groups in total. The van der Waals surface area contributed by atoms with Crippen molar-refractivity contribution in [2.24, 2.45) is 0 Å². The summed E-state index contributed by atoms with van der Waals surface area (Å²) in [5.74, 6) is 2.46. The van der Waals surface area contributed by atoms with E-state index >= 15 is 0 Å². The van der Waals surface area contributed by atoms with Gasteiger partial charge in [-0.05, 0) is 141 Å². The normalized spacial score (nSPS) is 15.9. The van der Waals surface area contributed by atoms with Crippen molar-refractivity contribution in [2.45, 2.75) is 130 Å². The third-order valence-corrected chi connectivity index (χ3v) is 18.5. The van der Waals surface area contributed by atoms with Gasteiger partial charge in [0.25, 0.3) is 6.71 Å². The second-order valence-corrected chi connectivity index (χ2v) is 27.2. The zero-order valence-electron chi connectivity index (χ0n) is 44.3. The Morgan fingerprint density at radius 2 is 0.917 bits per heavy atom. The Hall–Kier alpha value is -6.22. The van der Waals surface area contributed by atoms with E-state index in [0.29, 0.717) is 5.95 Å². The Morgan fingerprint density at radius 3 is 1.39 bits per heavy atom. The minimum Gasteiger partial charge on any atom is -0.294 e. The largest absolute Gasteiger partial charge is 0.294 e. The van der Waals surface area contributed by atoms with E-state index < -0.39 is 0 Å². The maximum Gasteiger partial charge on any atom is 0.281 e. The lowest BCUT2D eigenvalue weighted by atomic mass is 9.40. The molecular weight excluding hydrogens is 914 g/mol. The standard InChI is InChI=1S/C64H66BN5S2/c1-60(2,3)39-24-28-44(29-25-39)69-53-46-36-40(61(4,5)6)26-32-50(46)71-55(53)65-52-57(69)66-59(68(42-20-16-14-17-21-42)43-22-18-15-19-23-43)67-58(52)70(45-30-31-48-49(38-45)64(12,13)35-34-63(48,10)11)54-47-37-41(62(7,8)9)27-33-51(47)72-56(54)65/h14-33,36-38H,34-35H2,1-13H3. The predicted octanol–water partition coefficient (Wildman–Crippen LogP) is 16.7. The smallest absolute Gasteiger partial charge is 0.281 e. The number of aromatic nitrogens is 2. The summed E-state index contributed by atoms with van der Waals surface area (Å²) < 4.78 is 5.24. The molecule has 6 aromatic carbocycles. The molecule has 8 heteroatoms. The molecule has 0 unspecified atom stereocenters. The van der Waals surface area contributed by atoms with Crippen molar-refractivity contribution in [3.8, 4) is 0 Å². The monoisotopic (exact) mass is 979 g/mol. The van der Waals surface area contributed by atoms with Gasteiger partial charge < -0.3 is 0 Å². The van der Waals surface area contributed by atoms with E-state index in [0.717, 1.165) is 52.7 Å². The number of rotatable bonds is 5. The summed E-state index contributed by atoms with van der Waals surface area (Å²) in [4.78, 5) is 19.3. The summed E-state index contributed by atoms with van der Waals surface area (Å²) in [5.41, 5.74) is 14.6. The second kappa shape index (κ2) is 16.1. The van der Waals surface area contributed by atoms with Crippen LogP contribution in [0.15, 0.2) is 140 Å². The fourth-order valence-electron chi connectivity index (χ4n) is 11.6. The lowest BCUT2D eigenvalue weighted by Gasteiger charge is -2.44. The highest BCUT2D eigenvalue weighted by Gasteiger charge is 2.50. The molecule has 3 aromatic heterocycles. The van der Waals surface area contributed by atoms with Crippen LogP contribution >= 0.6 is 22.7 Å². The zero-order chi connectivity index (χ0) is 50.4. The third kappa shape index (κ3) is 7.44. The summed E-state index contributed by atoms with van der Waals surface area (Å²) >= 11 is 3.90. The topological polar surface area (TPSA) is 35.5 Å². The Balaban J connectivity index is 1.26. The molecule has 12 rings (SSSR count). The summed E-state index contributed by atoms with van der Waals surface area (Å²) in [6.07, 6.45) is 2.29. The van der Waals surface area contributed by atoms with Crippen LogP contribution in [0, 0.1) is 0 Å². The molecule has 5 nitrogen and oxygen atoms in total. The van der Waals surface area contributed by atoms with Gasteiger partial charge in [-0.15, -0.1) is 22.7 Å². The first-order chi connectivity index (χ1) is 34.1. The summed E-state index contributed by atoms with van der Waals surface area (Å²) in [5, 5.41) is 2.53. The van der Waals surface area contributed by atoms with Gasteiger partial charge in [0.15, 0.2) is 0 Å². The van der Waals surface area contributed by atoms with Crippen LogP contribution in [0.25, 0.3) is 20.2 Å². The van der Waals surface area contributed by atoms with Crippen LogP contribution < -0.4 is 29.7 Å². The van der Waals surface area contributed by atoms with Crippen LogP contribution in [0.4, 0.5) is 51.7 Å². The number of anilines is 9. The number of hydrogen-bond acceptors (Lipinski definition) is 7. The van der Waals surface area contributed by atoms with E-state index in [-0.39, 0.29) is 33.8 Å². The Morgan fingerprint density at radius 1 is 0.486 bits per heavy atom. The van der Waals surface area contributed by atoms with E-state index in [2.05, 4.69) is 244 Å². The SMILES string of the molecule is CC(C)(C)c1ccc(N2c3nc(N(c4ccccc4)c4ccccc4)nc4c3B(c3sc5ccc(C(C)(C)C)cc5c32)c2sc3ccc(C(C)(C)C)cc3c2N4c2ccc3c(c2)C(C)(C)CCC3(C)C)cc1. The lowest BCUT2D eigenvalue weighted by Crippen LogP contribution is -2.60. The molecule has 0 saturated heterocycles. The average Bonchev–Trinajstić information content (AvgIpc) is 3.91. The minimum absolute atomic E-state index is 0.000284.